The molecule has 2 heterocycles. The summed E-state index contributed by atoms with van der Waals surface area (Å²) in [7, 11) is 0.454. The fourth-order valence-corrected chi connectivity index (χ4v) is 7.49. The molecule has 1 amide bonds. The lowest BCUT2D eigenvalue weighted by molar-refractivity contribution is -0.134. The Hall–Kier alpha value is -1.65. The molecule has 3 rings (SSSR count). The van der Waals surface area contributed by atoms with Gasteiger partial charge in [-0.15, -0.1) is 0 Å². The first-order valence-corrected chi connectivity index (χ1v) is 13.2. The summed E-state index contributed by atoms with van der Waals surface area (Å²) in [5, 5.41) is 1.47. The number of carbonyl (C=O) groups excluding carboxylic acids is 1. The van der Waals surface area contributed by atoms with Gasteiger partial charge in [0.15, 0.2) is 0 Å². The zero-order chi connectivity index (χ0) is 19.8. The third kappa shape index (κ3) is 3.97. The third-order valence-electron chi connectivity index (χ3n) is 6.16. The Morgan fingerprint density at radius 2 is 1.81 bits per heavy atom. The number of amides is 1. The van der Waals surface area contributed by atoms with Gasteiger partial charge >= 0.3 is 0 Å². The van der Waals surface area contributed by atoms with E-state index >= 15 is 0 Å². The van der Waals surface area contributed by atoms with Crippen LogP contribution in [0.15, 0.2) is 54.4 Å². The number of benzene rings is 1. The number of likely N-dealkylation sites (tertiary alicyclic amines) is 1. The topological polar surface area (TPSA) is 23.6 Å². The summed E-state index contributed by atoms with van der Waals surface area (Å²) in [5.41, 5.74) is 1.46. The lowest BCUT2D eigenvalue weighted by Crippen LogP contribution is -2.49. The van der Waals surface area contributed by atoms with Gasteiger partial charge in [-0.05, 0) is 32.0 Å². The Labute approximate surface area is 165 Å². The number of allylic oxidation sites excluding steroid dienone is 1. The summed E-state index contributed by atoms with van der Waals surface area (Å²) in [5.74, 6) is 0.162. The molecule has 1 aromatic carbocycles. The van der Waals surface area contributed by atoms with E-state index in [1.807, 2.05) is 31.9 Å². The highest BCUT2D eigenvalue weighted by Gasteiger charge is 2.41. The van der Waals surface area contributed by atoms with Crippen molar-refractivity contribution in [3.63, 3.8) is 0 Å². The monoisotopic (exact) mass is 382 g/mol. The van der Waals surface area contributed by atoms with Crippen LogP contribution in [0.2, 0.25) is 18.6 Å². The van der Waals surface area contributed by atoms with Crippen LogP contribution in [-0.4, -0.2) is 43.4 Å². The molecule has 0 aliphatic carbocycles. The molecule has 146 valence electrons. The second kappa shape index (κ2) is 7.40. The van der Waals surface area contributed by atoms with E-state index in [4.69, 9.17) is 0 Å². The Morgan fingerprint density at radius 3 is 2.37 bits per heavy atom. The van der Waals surface area contributed by atoms with Gasteiger partial charge in [0.25, 0.3) is 0 Å². The Morgan fingerprint density at radius 1 is 1.15 bits per heavy atom. The van der Waals surface area contributed by atoms with Crippen LogP contribution < -0.4 is 5.19 Å². The Bertz CT molecular complexity index is 745. The molecule has 0 N–H and O–H groups in total. The quantitative estimate of drug-likeness (QED) is 0.726. The first-order valence-electron chi connectivity index (χ1n) is 10.1. The van der Waals surface area contributed by atoms with Gasteiger partial charge in [-0.1, -0.05) is 75.5 Å². The third-order valence-corrected chi connectivity index (χ3v) is 10.1. The van der Waals surface area contributed by atoms with E-state index < -0.39 is 8.07 Å². The number of rotatable bonds is 3. The first-order chi connectivity index (χ1) is 12.6. The van der Waals surface area contributed by atoms with E-state index in [1.54, 1.807) is 0 Å². The van der Waals surface area contributed by atoms with Gasteiger partial charge in [-0.25, -0.2) is 0 Å². The number of hydrogen-bond acceptors (Lipinski definition) is 2. The number of carbonyl (C=O) groups is 1. The smallest absolute Gasteiger partial charge is 0.235 e. The van der Waals surface area contributed by atoms with Gasteiger partial charge in [-0.3, -0.25) is 14.6 Å². The fraction of sp³-hybridized carbons (Fsp3) is 0.522. The standard InChI is InChI=1S/C23H34N2OSi/c1-23(2,3)22(26)25-16-14-21(19(17-25)20-13-10-15-24(20)4)27(5,6)18-11-8-7-9-12-18/h7-9,11-12,14,16-17,20-21H,10,13,15H2,1-6H3/t20-,21+/m0/s1. The predicted octanol–water partition coefficient (Wildman–Crippen LogP) is 4.35. The van der Waals surface area contributed by atoms with Gasteiger partial charge in [0.05, 0.1) is 8.07 Å². The van der Waals surface area contributed by atoms with Gasteiger partial charge in [0, 0.05) is 29.4 Å². The second-order valence-electron chi connectivity index (χ2n) is 9.64. The van der Waals surface area contributed by atoms with Crippen LogP contribution in [-0.2, 0) is 4.79 Å². The molecule has 1 aromatic rings. The molecular weight excluding hydrogens is 348 g/mol. The number of likely N-dealkylation sites (N-methyl/N-ethyl adjacent to an activating group) is 1. The molecule has 3 nitrogen and oxygen atoms in total. The van der Waals surface area contributed by atoms with E-state index in [0.717, 1.165) is 6.54 Å². The van der Waals surface area contributed by atoms with Crippen molar-refractivity contribution < 1.29 is 4.79 Å². The average Bonchev–Trinajstić information content (AvgIpc) is 3.06. The second-order valence-corrected chi connectivity index (χ2v) is 14.3. The van der Waals surface area contributed by atoms with Crippen LogP contribution in [0.5, 0.6) is 0 Å². The highest BCUT2D eigenvalue weighted by molar-refractivity contribution is 6.91. The molecule has 0 unspecified atom stereocenters. The van der Waals surface area contributed by atoms with Crippen LogP contribution in [0.4, 0.5) is 0 Å². The first kappa shape index (κ1) is 20.1. The maximum atomic E-state index is 12.9. The Kier molecular flexibility index (Phi) is 5.51. The fourth-order valence-electron chi connectivity index (χ4n) is 4.42. The molecule has 2 atom stereocenters. The zero-order valence-corrected chi connectivity index (χ0v) is 18.7. The highest BCUT2D eigenvalue weighted by atomic mass is 28.3. The molecule has 1 saturated heterocycles. The summed E-state index contributed by atoms with van der Waals surface area (Å²) in [6.07, 6.45) is 8.92. The number of hydrogen-bond donors (Lipinski definition) is 0. The zero-order valence-electron chi connectivity index (χ0n) is 17.7. The van der Waals surface area contributed by atoms with Gasteiger partial charge in [0.1, 0.15) is 0 Å². The molecule has 2 aliphatic rings. The molecule has 2 aliphatic heterocycles. The maximum Gasteiger partial charge on any atom is 0.235 e. The van der Waals surface area contributed by atoms with Crippen LogP contribution in [0, 0.1) is 5.41 Å². The lowest BCUT2D eigenvalue weighted by atomic mass is 9.93. The van der Waals surface area contributed by atoms with Gasteiger partial charge in [-0.2, -0.15) is 0 Å². The summed E-state index contributed by atoms with van der Waals surface area (Å²) in [4.78, 5) is 17.2. The van der Waals surface area contributed by atoms with Gasteiger partial charge in [0.2, 0.25) is 5.91 Å². The largest absolute Gasteiger partial charge is 0.300 e. The molecule has 0 radical (unpaired) electrons. The highest BCUT2D eigenvalue weighted by Crippen LogP contribution is 2.40. The average molecular weight is 383 g/mol. The van der Waals surface area contributed by atoms with E-state index in [9.17, 15) is 4.79 Å². The van der Waals surface area contributed by atoms with E-state index in [1.165, 1.54) is 23.6 Å². The van der Waals surface area contributed by atoms with Crippen LogP contribution >= 0.6 is 0 Å². The van der Waals surface area contributed by atoms with Crippen molar-refractivity contribution in [2.24, 2.45) is 5.41 Å². The minimum absolute atomic E-state index is 0.162. The Balaban J connectivity index is 2.01. The maximum absolute atomic E-state index is 12.9. The minimum atomic E-state index is -1.77. The molecular formula is C23H34N2OSi. The molecule has 1 fully saturated rings. The van der Waals surface area contributed by atoms with Crippen molar-refractivity contribution in [1.29, 1.82) is 0 Å². The van der Waals surface area contributed by atoms with Crippen LogP contribution in [0.3, 0.4) is 0 Å². The normalized spacial score (nSPS) is 24.2. The van der Waals surface area contributed by atoms with Crippen molar-refractivity contribution >= 4 is 19.2 Å². The van der Waals surface area contributed by atoms with Crippen molar-refractivity contribution in [2.75, 3.05) is 13.6 Å². The summed E-state index contributed by atoms with van der Waals surface area (Å²) >= 11 is 0. The summed E-state index contributed by atoms with van der Waals surface area (Å²) in [6, 6.07) is 11.4. The molecule has 27 heavy (non-hydrogen) atoms. The van der Waals surface area contributed by atoms with Crippen molar-refractivity contribution in [3.8, 4) is 0 Å². The van der Waals surface area contributed by atoms with Gasteiger partial charge < -0.3 is 0 Å². The molecule has 4 heteroatoms. The summed E-state index contributed by atoms with van der Waals surface area (Å²) < 4.78 is 0. The van der Waals surface area contributed by atoms with Crippen molar-refractivity contribution in [3.05, 3.63) is 54.4 Å². The molecule has 0 spiro atoms. The molecule has 0 aromatic heterocycles. The minimum Gasteiger partial charge on any atom is -0.300 e. The lowest BCUT2D eigenvalue weighted by Gasteiger charge is -2.40. The van der Waals surface area contributed by atoms with Crippen LogP contribution in [0.1, 0.15) is 33.6 Å². The molecule has 0 saturated carbocycles. The predicted molar refractivity (Wildman–Crippen MR) is 116 cm³/mol. The van der Waals surface area contributed by atoms with Crippen LogP contribution in [0.25, 0.3) is 0 Å². The summed E-state index contributed by atoms with van der Waals surface area (Å²) in [6.45, 7) is 12.0. The van der Waals surface area contributed by atoms with Crippen molar-refractivity contribution in [2.45, 2.75) is 58.3 Å². The SMILES string of the molecule is CN1CCC[C@H]1C1=CN(C(=O)C(C)(C)C)C=C[C@H]1[Si](C)(C)c1ccccc1. The van der Waals surface area contributed by atoms with Crippen molar-refractivity contribution in [1.82, 2.24) is 9.80 Å². The molecule has 0 bridgehead atoms. The van der Waals surface area contributed by atoms with E-state index in [-0.39, 0.29) is 11.3 Å². The van der Waals surface area contributed by atoms with E-state index in [0.29, 0.717) is 11.6 Å². The van der Waals surface area contributed by atoms with E-state index in [2.05, 4.69) is 67.6 Å². The number of nitrogens with zero attached hydrogens (tertiary/aromatic N) is 2.